The van der Waals surface area contributed by atoms with Gasteiger partial charge in [-0.15, -0.1) is 0 Å². The standard InChI is InChI=1S/C16H19N3O3/c1-10-3-5-11(6-4-10)14-13-12(17-16(22)18-14)9-19(15(13)21)7-2-8-20/h3-6,14,20H,2,7-9H2,1H3,(H2,17,18,22). The SMILES string of the molecule is Cc1ccc(C2NC(=O)NC3=C2C(=O)N(CCCO)C3)cc1. The molecule has 3 rings (SSSR count). The number of amides is 3. The van der Waals surface area contributed by atoms with E-state index in [0.717, 1.165) is 11.1 Å². The van der Waals surface area contributed by atoms with E-state index in [4.69, 9.17) is 5.11 Å². The number of aryl methyl sites for hydroxylation is 1. The van der Waals surface area contributed by atoms with Crippen LogP contribution in [0.25, 0.3) is 0 Å². The topological polar surface area (TPSA) is 81.7 Å². The summed E-state index contributed by atoms with van der Waals surface area (Å²) in [6, 6.07) is 7.08. The Morgan fingerprint density at radius 1 is 1.27 bits per heavy atom. The van der Waals surface area contributed by atoms with Crippen LogP contribution in [0.1, 0.15) is 23.6 Å². The van der Waals surface area contributed by atoms with Crippen LogP contribution in [0.3, 0.4) is 0 Å². The van der Waals surface area contributed by atoms with Crippen LogP contribution in [-0.4, -0.2) is 41.6 Å². The van der Waals surface area contributed by atoms with Gasteiger partial charge in [0.25, 0.3) is 5.91 Å². The number of aliphatic hydroxyl groups is 1. The molecule has 0 radical (unpaired) electrons. The number of rotatable bonds is 4. The molecule has 0 aliphatic carbocycles. The molecule has 0 aromatic heterocycles. The molecule has 0 fully saturated rings. The van der Waals surface area contributed by atoms with Crippen molar-refractivity contribution in [2.75, 3.05) is 19.7 Å². The average molecular weight is 301 g/mol. The van der Waals surface area contributed by atoms with Crippen molar-refractivity contribution in [2.24, 2.45) is 0 Å². The van der Waals surface area contributed by atoms with E-state index in [1.165, 1.54) is 0 Å². The Labute approximate surface area is 128 Å². The average Bonchev–Trinajstić information content (AvgIpc) is 2.81. The summed E-state index contributed by atoms with van der Waals surface area (Å²) in [7, 11) is 0. The first-order chi connectivity index (χ1) is 10.6. The fourth-order valence-electron chi connectivity index (χ4n) is 2.88. The molecule has 6 nitrogen and oxygen atoms in total. The Morgan fingerprint density at radius 2 is 2.00 bits per heavy atom. The van der Waals surface area contributed by atoms with E-state index in [1.807, 2.05) is 31.2 Å². The van der Waals surface area contributed by atoms with Gasteiger partial charge >= 0.3 is 6.03 Å². The summed E-state index contributed by atoms with van der Waals surface area (Å²) in [6.07, 6.45) is 0.531. The summed E-state index contributed by atoms with van der Waals surface area (Å²) in [5, 5.41) is 14.5. The van der Waals surface area contributed by atoms with E-state index < -0.39 is 6.04 Å². The smallest absolute Gasteiger partial charge is 0.319 e. The van der Waals surface area contributed by atoms with Crippen molar-refractivity contribution < 1.29 is 14.7 Å². The first-order valence-electron chi connectivity index (χ1n) is 7.37. The first kappa shape index (κ1) is 14.6. The van der Waals surface area contributed by atoms with Crippen LogP contribution in [0.4, 0.5) is 4.79 Å². The maximum Gasteiger partial charge on any atom is 0.319 e. The van der Waals surface area contributed by atoms with Gasteiger partial charge in [-0.3, -0.25) is 4.79 Å². The first-order valence-corrected chi connectivity index (χ1v) is 7.37. The van der Waals surface area contributed by atoms with E-state index in [0.29, 0.717) is 30.8 Å². The van der Waals surface area contributed by atoms with E-state index in [9.17, 15) is 9.59 Å². The van der Waals surface area contributed by atoms with Crippen molar-refractivity contribution >= 4 is 11.9 Å². The monoisotopic (exact) mass is 301 g/mol. The number of carbonyl (C=O) groups is 2. The highest BCUT2D eigenvalue weighted by Crippen LogP contribution is 2.32. The minimum absolute atomic E-state index is 0.0421. The molecule has 1 atom stereocenters. The third-order valence-corrected chi connectivity index (χ3v) is 4.02. The molecule has 2 aliphatic heterocycles. The maximum atomic E-state index is 12.6. The fourth-order valence-corrected chi connectivity index (χ4v) is 2.88. The maximum absolute atomic E-state index is 12.6. The fraction of sp³-hybridized carbons (Fsp3) is 0.375. The molecule has 22 heavy (non-hydrogen) atoms. The van der Waals surface area contributed by atoms with E-state index in [1.54, 1.807) is 4.90 Å². The Hall–Kier alpha value is -2.34. The summed E-state index contributed by atoms with van der Waals surface area (Å²) in [4.78, 5) is 26.1. The normalized spacial score (nSPS) is 20.8. The van der Waals surface area contributed by atoms with Gasteiger partial charge in [0.15, 0.2) is 0 Å². The molecule has 1 unspecified atom stereocenters. The highest BCUT2D eigenvalue weighted by molar-refractivity contribution is 6.01. The molecule has 1 aromatic carbocycles. The van der Waals surface area contributed by atoms with Crippen molar-refractivity contribution in [2.45, 2.75) is 19.4 Å². The van der Waals surface area contributed by atoms with Crippen molar-refractivity contribution in [1.29, 1.82) is 0 Å². The lowest BCUT2D eigenvalue weighted by atomic mass is 9.95. The molecule has 2 aliphatic rings. The Bertz CT molecular complexity index is 637. The molecule has 3 amide bonds. The Morgan fingerprint density at radius 3 is 2.68 bits per heavy atom. The van der Waals surface area contributed by atoms with Crippen LogP contribution in [-0.2, 0) is 4.79 Å². The lowest BCUT2D eigenvalue weighted by molar-refractivity contribution is -0.125. The van der Waals surface area contributed by atoms with Gasteiger partial charge in [0.1, 0.15) is 0 Å². The number of aliphatic hydroxyl groups excluding tert-OH is 1. The van der Waals surface area contributed by atoms with Gasteiger partial charge < -0.3 is 20.6 Å². The zero-order valence-electron chi connectivity index (χ0n) is 12.4. The predicted molar refractivity (Wildman–Crippen MR) is 80.9 cm³/mol. The lowest BCUT2D eigenvalue weighted by Gasteiger charge is -2.25. The Balaban J connectivity index is 1.90. The molecular formula is C16H19N3O3. The van der Waals surface area contributed by atoms with E-state index in [-0.39, 0.29) is 18.5 Å². The quantitative estimate of drug-likeness (QED) is 0.770. The van der Waals surface area contributed by atoms with Gasteiger partial charge in [0, 0.05) is 13.2 Å². The number of carbonyl (C=O) groups excluding carboxylic acids is 2. The summed E-state index contributed by atoms with van der Waals surface area (Å²) in [6.45, 7) is 2.91. The Kier molecular flexibility index (Phi) is 3.85. The van der Waals surface area contributed by atoms with Crippen LogP contribution in [0.5, 0.6) is 0 Å². The minimum atomic E-state index is -0.420. The van der Waals surface area contributed by atoms with Crippen LogP contribution in [0, 0.1) is 6.92 Å². The second-order valence-corrected chi connectivity index (χ2v) is 5.64. The molecule has 0 saturated heterocycles. The number of hydrogen-bond donors (Lipinski definition) is 3. The van der Waals surface area contributed by atoms with Gasteiger partial charge in [-0.05, 0) is 18.9 Å². The number of hydrogen-bond acceptors (Lipinski definition) is 3. The number of benzene rings is 1. The highest BCUT2D eigenvalue weighted by atomic mass is 16.3. The van der Waals surface area contributed by atoms with Gasteiger partial charge in [0.05, 0.1) is 23.9 Å². The largest absolute Gasteiger partial charge is 0.396 e. The summed E-state index contributed by atoms with van der Waals surface area (Å²) >= 11 is 0. The minimum Gasteiger partial charge on any atom is -0.396 e. The van der Waals surface area contributed by atoms with Crippen LogP contribution >= 0.6 is 0 Å². The van der Waals surface area contributed by atoms with Gasteiger partial charge in [-0.2, -0.15) is 0 Å². The van der Waals surface area contributed by atoms with Crippen LogP contribution < -0.4 is 10.6 Å². The highest BCUT2D eigenvalue weighted by Gasteiger charge is 2.39. The van der Waals surface area contributed by atoms with Crippen molar-refractivity contribution in [3.8, 4) is 0 Å². The summed E-state index contributed by atoms with van der Waals surface area (Å²) < 4.78 is 0. The number of nitrogens with zero attached hydrogens (tertiary/aromatic N) is 1. The summed E-state index contributed by atoms with van der Waals surface area (Å²) in [5.41, 5.74) is 3.28. The molecule has 0 saturated carbocycles. The second-order valence-electron chi connectivity index (χ2n) is 5.64. The predicted octanol–water partition coefficient (Wildman–Crippen LogP) is 0.828. The molecule has 0 bridgehead atoms. The van der Waals surface area contributed by atoms with E-state index in [2.05, 4.69) is 10.6 Å². The zero-order chi connectivity index (χ0) is 15.7. The van der Waals surface area contributed by atoms with Crippen LogP contribution in [0.2, 0.25) is 0 Å². The molecule has 116 valence electrons. The van der Waals surface area contributed by atoms with Gasteiger partial charge in [-0.25, -0.2) is 4.79 Å². The molecule has 2 heterocycles. The van der Waals surface area contributed by atoms with Gasteiger partial charge in [-0.1, -0.05) is 29.8 Å². The second kappa shape index (κ2) is 5.81. The van der Waals surface area contributed by atoms with E-state index >= 15 is 0 Å². The molecule has 3 N–H and O–H groups in total. The van der Waals surface area contributed by atoms with Crippen molar-refractivity contribution in [1.82, 2.24) is 15.5 Å². The molecule has 0 spiro atoms. The zero-order valence-corrected chi connectivity index (χ0v) is 12.4. The molecule has 1 aromatic rings. The third-order valence-electron chi connectivity index (χ3n) is 4.02. The van der Waals surface area contributed by atoms with Crippen LogP contribution in [0.15, 0.2) is 35.5 Å². The lowest BCUT2D eigenvalue weighted by Crippen LogP contribution is -2.44. The number of nitrogens with one attached hydrogen (secondary N) is 2. The number of urea groups is 1. The molecular weight excluding hydrogens is 282 g/mol. The van der Waals surface area contributed by atoms with Crippen molar-refractivity contribution in [3.05, 3.63) is 46.7 Å². The van der Waals surface area contributed by atoms with Crippen molar-refractivity contribution in [3.63, 3.8) is 0 Å². The van der Waals surface area contributed by atoms with Gasteiger partial charge in [0.2, 0.25) is 0 Å². The summed E-state index contributed by atoms with van der Waals surface area (Å²) in [5.74, 6) is -0.0819. The third kappa shape index (κ3) is 2.57. The molecule has 6 heteroatoms.